The quantitative estimate of drug-likeness (QED) is 0.635. The molecule has 1 amide bonds. The van der Waals surface area contributed by atoms with E-state index in [1.54, 1.807) is 12.4 Å². The molecule has 0 spiro atoms. The van der Waals surface area contributed by atoms with Crippen LogP contribution in [0.15, 0.2) is 35.3 Å². The average molecular weight is 316 g/mol. The first-order valence-corrected chi connectivity index (χ1v) is 8.67. The summed E-state index contributed by atoms with van der Waals surface area (Å²) < 4.78 is 0. The number of pyridine rings is 1. The summed E-state index contributed by atoms with van der Waals surface area (Å²) in [5, 5.41) is 3.74. The van der Waals surface area contributed by atoms with Crippen molar-refractivity contribution in [2.75, 3.05) is 12.3 Å². The summed E-state index contributed by atoms with van der Waals surface area (Å²) in [4.78, 5) is 23.5. The number of amides is 1. The van der Waals surface area contributed by atoms with Gasteiger partial charge in [-0.1, -0.05) is 23.4 Å². The smallest absolute Gasteiger partial charge is 0.230 e. The Labute approximate surface area is 134 Å². The zero-order valence-electron chi connectivity index (χ0n) is 12.5. The molecule has 22 heavy (non-hydrogen) atoms. The Hall–Kier alpha value is -1.82. The van der Waals surface area contributed by atoms with E-state index >= 15 is 0 Å². The Kier molecular flexibility index (Phi) is 5.11. The standard InChI is InChI=1S/C16H20N4OS/c21-15(18-9-6-12-4-2-1-3-5-12)11-22-16-19-13-7-8-17-10-14(13)20-16/h4,7-8,10H,1-3,5-6,9,11H2,(H,18,21)(H,19,20). The molecule has 2 heterocycles. The second-order valence-electron chi connectivity index (χ2n) is 5.43. The van der Waals surface area contributed by atoms with Crippen molar-refractivity contribution in [1.29, 1.82) is 0 Å². The van der Waals surface area contributed by atoms with Crippen LogP contribution in [0.25, 0.3) is 11.0 Å². The Bertz CT molecular complexity index is 647. The molecule has 116 valence electrons. The minimum Gasteiger partial charge on any atom is -0.355 e. The molecule has 0 saturated carbocycles. The lowest BCUT2D eigenvalue weighted by molar-refractivity contribution is -0.118. The lowest BCUT2D eigenvalue weighted by atomic mass is 9.97. The third-order valence-corrected chi connectivity index (χ3v) is 4.63. The van der Waals surface area contributed by atoms with Crippen LogP contribution in [0.1, 0.15) is 32.1 Å². The predicted molar refractivity (Wildman–Crippen MR) is 88.8 cm³/mol. The minimum atomic E-state index is 0.0555. The van der Waals surface area contributed by atoms with Crippen LogP contribution in [0.2, 0.25) is 0 Å². The topological polar surface area (TPSA) is 70.7 Å². The zero-order valence-corrected chi connectivity index (χ0v) is 13.3. The Morgan fingerprint density at radius 1 is 1.41 bits per heavy atom. The normalized spacial score (nSPS) is 14.8. The third-order valence-electron chi connectivity index (χ3n) is 3.75. The molecule has 5 nitrogen and oxygen atoms in total. The SMILES string of the molecule is O=C(CSc1nc2ccncc2[nH]1)NCCC1=CCCCC1. The summed E-state index contributed by atoms with van der Waals surface area (Å²) in [5.74, 6) is 0.437. The van der Waals surface area contributed by atoms with E-state index in [0.29, 0.717) is 5.75 Å². The first-order chi connectivity index (χ1) is 10.8. The monoisotopic (exact) mass is 316 g/mol. The molecule has 1 aliphatic carbocycles. The number of aromatic amines is 1. The van der Waals surface area contributed by atoms with Gasteiger partial charge in [-0.15, -0.1) is 0 Å². The number of imidazole rings is 1. The number of carbonyl (C=O) groups excluding carboxylic acids is 1. The maximum atomic E-state index is 11.9. The molecule has 2 aromatic rings. The van der Waals surface area contributed by atoms with Gasteiger partial charge in [-0.25, -0.2) is 4.98 Å². The van der Waals surface area contributed by atoms with Crippen molar-refractivity contribution in [2.24, 2.45) is 0 Å². The Morgan fingerprint density at radius 2 is 2.36 bits per heavy atom. The Morgan fingerprint density at radius 3 is 3.18 bits per heavy atom. The molecule has 6 heteroatoms. The molecule has 0 aliphatic heterocycles. The highest BCUT2D eigenvalue weighted by Crippen LogP contribution is 2.20. The van der Waals surface area contributed by atoms with Crippen LogP contribution in [0.3, 0.4) is 0 Å². The van der Waals surface area contributed by atoms with Gasteiger partial charge in [0.2, 0.25) is 5.91 Å². The number of nitrogens with zero attached hydrogens (tertiary/aromatic N) is 2. The number of allylic oxidation sites excluding steroid dienone is 1. The summed E-state index contributed by atoms with van der Waals surface area (Å²) >= 11 is 1.42. The van der Waals surface area contributed by atoms with Crippen LogP contribution in [-0.2, 0) is 4.79 Å². The van der Waals surface area contributed by atoms with E-state index in [1.807, 2.05) is 6.07 Å². The second-order valence-corrected chi connectivity index (χ2v) is 6.40. The van der Waals surface area contributed by atoms with E-state index < -0.39 is 0 Å². The fourth-order valence-electron chi connectivity index (χ4n) is 2.58. The van der Waals surface area contributed by atoms with E-state index in [-0.39, 0.29) is 5.91 Å². The highest BCUT2D eigenvalue weighted by molar-refractivity contribution is 7.99. The molecule has 0 aromatic carbocycles. The maximum Gasteiger partial charge on any atom is 0.230 e. The van der Waals surface area contributed by atoms with Crippen molar-refractivity contribution < 1.29 is 4.79 Å². The number of nitrogens with one attached hydrogen (secondary N) is 2. The highest BCUT2D eigenvalue weighted by atomic mass is 32.2. The summed E-state index contributed by atoms with van der Waals surface area (Å²) in [7, 11) is 0. The molecule has 0 atom stereocenters. The molecule has 2 N–H and O–H groups in total. The van der Waals surface area contributed by atoms with Gasteiger partial charge in [0.25, 0.3) is 0 Å². The molecule has 0 radical (unpaired) electrons. The minimum absolute atomic E-state index is 0.0555. The van der Waals surface area contributed by atoms with E-state index in [2.05, 4.69) is 26.3 Å². The summed E-state index contributed by atoms with van der Waals surface area (Å²) in [5.41, 5.74) is 3.26. The van der Waals surface area contributed by atoms with Gasteiger partial charge in [-0.05, 0) is 38.2 Å². The van der Waals surface area contributed by atoms with Crippen molar-refractivity contribution in [3.05, 3.63) is 30.1 Å². The molecular weight excluding hydrogens is 296 g/mol. The fraction of sp³-hybridized carbons (Fsp3) is 0.438. The van der Waals surface area contributed by atoms with Crippen molar-refractivity contribution in [2.45, 2.75) is 37.3 Å². The summed E-state index contributed by atoms with van der Waals surface area (Å²) in [6, 6.07) is 1.86. The van der Waals surface area contributed by atoms with Crippen molar-refractivity contribution in [1.82, 2.24) is 20.3 Å². The molecule has 3 rings (SSSR count). The maximum absolute atomic E-state index is 11.9. The van der Waals surface area contributed by atoms with E-state index in [9.17, 15) is 4.79 Å². The number of rotatable bonds is 6. The zero-order chi connectivity index (χ0) is 15.2. The van der Waals surface area contributed by atoms with Gasteiger partial charge in [0.05, 0.1) is 23.0 Å². The summed E-state index contributed by atoms with van der Waals surface area (Å²) in [6.07, 6.45) is 11.7. The van der Waals surface area contributed by atoms with Crippen LogP contribution in [0.5, 0.6) is 0 Å². The first kappa shape index (κ1) is 15.1. The van der Waals surface area contributed by atoms with Crippen LogP contribution in [-0.4, -0.2) is 33.2 Å². The molecule has 0 saturated heterocycles. The fourth-order valence-corrected chi connectivity index (χ4v) is 3.30. The number of hydrogen-bond acceptors (Lipinski definition) is 4. The van der Waals surface area contributed by atoms with Crippen molar-refractivity contribution in [3.63, 3.8) is 0 Å². The average Bonchev–Trinajstić information content (AvgIpc) is 2.97. The molecular formula is C16H20N4OS. The number of carbonyl (C=O) groups is 1. The third kappa shape index (κ3) is 4.10. The van der Waals surface area contributed by atoms with Gasteiger partial charge in [-0.3, -0.25) is 9.78 Å². The van der Waals surface area contributed by atoms with Gasteiger partial charge in [0, 0.05) is 12.7 Å². The summed E-state index contributed by atoms with van der Waals surface area (Å²) in [6.45, 7) is 0.731. The van der Waals surface area contributed by atoms with Gasteiger partial charge < -0.3 is 10.3 Å². The number of fused-ring (bicyclic) bond motifs is 1. The lowest BCUT2D eigenvalue weighted by Crippen LogP contribution is -2.26. The number of aromatic nitrogens is 3. The van der Waals surface area contributed by atoms with Crippen LogP contribution < -0.4 is 5.32 Å². The first-order valence-electron chi connectivity index (χ1n) is 7.68. The molecule has 0 bridgehead atoms. The molecule has 1 aliphatic rings. The van der Waals surface area contributed by atoms with Crippen LogP contribution in [0, 0.1) is 0 Å². The second kappa shape index (κ2) is 7.45. The van der Waals surface area contributed by atoms with Crippen LogP contribution >= 0.6 is 11.8 Å². The van der Waals surface area contributed by atoms with Gasteiger partial charge >= 0.3 is 0 Å². The molecule has 2 aromatic heterocycles. The Balaban J connectivity index is 1.41. The van der Waals surface area contributed by atoms with Crippen molar-refractivity contribution in [3.8, 4) is 0 Å². The number of H-pyrrole nitrogens is 1. The van der Waals surface area contributed by atoms with Gasteiger partial charge in [0.15, 0.2) is 5.16 Å². The highest BCUT2D eigenvalue weighted by Gasteiger charge is 2.08. The van der Waals surface area contributed by atoms with Crippen LogP contribution in [0.4, 0.5) is 0 Å². The largest absolute Gasteiger partial charge is 0.355 e. The van der Waals surface area contributed by atoms with Gasteiger partial charge in [0.1, 0.15) is 0 Å². The van der Waals surface area contributed by atoms with E-state index in [1.165, 1.54) is 43.0 Å². The lowest BCUT2D eigenvalue weighted by Gasteiger charge is -2.12. The van der Waals surface area contributed by atoms with Gasteiger partial charge in [-0.2, -0.15) is 0 Å². The number of hydrogen-bond donors (Lipinski definition) is 2. The predicted octanol–water partition coefficient (Wildman–Crippen LogP) is 3.06. The molecule has 0 unspecified atom stereocenters. The molecule has 0 fully saturated rings. The van der Waals surface area contributed by atoms with E-state index in [4.69, 9.17) is 0 Å². The van der Waals surface area contributed by atoms with Crippen molar-refractivity contribution >= 4 is 28.7 Å². The van der Waals surface area contributed by atoms with E-state index in [0.717, 1.165) is 29.2 Å². The number of thioether (sulfide) groups is 1.